The number of aromatic nitrogens is 3. The molecule has 1 aromatic heterocycles. The number of halogens is 2. The second-order valence-electron chi connectivity index (χ2n) is 7.08. The summed E-state index contributed by atoms with van der Waals surface area (Å²) in [5.74, 6) is 0. The summed E-state index contributed by atoms with van der Waals surface area (Å²) in [6.45, 7) is -0.277. The maximum absolute atomic E-state index is 15.3. The van der Waals surface area contributed by atoms with Crippen LogP contribution >= 0.6 is 23.5 Å². The standard InChI is InChI=1S/C11H18F2N3O14P3/c1-10(2,28-32(23,24)30-33(25,26)29-31(20,21)22)7-6(18)11(13,4-12)8(27-7)16-9(19)15-5(17)3-14-16/h3,6-8,18H,4H2,1-2H3,(H,23,24)(H,25,26)(H,15,17,19)(H2,20,21,22)/t6-,7?,8+,11?/m0/s1. The summed E-state index contributed by atoms with van der Waals surface area (Å²) in [4.78, 5) is 60.7. The minimum Gasteiger partial charge on any atom is -0.387 e. The number of nitrogens with one attached hydrogen (secondary N) is 1. The van der Waals surface area contributed by atoms with Crippen LogP contribution in [0, 0.1) is 0 Å². The van der Waals surface area contributed by atoms with Crippen molar-refractivity contribution < 1.29 is 65.0 Å². The highest BCUT2D eigenvalue weighted by Gasteiger charge is 2.64. The molecule has 6 N–H and O–H groups in total. The topological polar surface area (TPSA) is 257 Å². The number of aromatic amines is 1. The zero-order chi connectivity index (χ0) is 25.6. The zero-order valence-electron chi connectivity index (χ0n) is 16.4. The Morgan fingerprint density at radius 2 is 1.79 bits per heavy atom. The largest absolute Gasteiger partial charge is 0.490 e. The third kappa shape index (κ3) is 6.48. The first-order valence-electron chi connectivity index (χ1n) is 8.34. The van der Waals surface area contributed by atoms with Gasteiger partial charge in [0.1, 0.15) is 30.7 Å². The monoisotopic (exact) mass is 547 g/mol. The first kappa shape index (κ1) is 28.0. The molecule has 2 heterocycles. The molecule has 0 amide bonds. The lowest BCUT2D eigenvalue weighted by atomic mass is 9.90. The Balaban J connectivity index is 2.35. The van der Waals surface area contributed by atoms with Crippen LogP contribution in [0.3, 0.4) is 0 Å². The molecule has 1 aliphatic rings. The van der Waals surface area contributed by atoms with Crippen molar-refractivity contribution in [1.29, 1.82) is 0 Å². The first-order valence-corrected chi connectivity index (χ1v) is 12.9. The van der Waals surface area contributed by atoms with Gasteiger partial charge in [-0.1, -0.05) is 0 Å². The van der Waals surface area contributed by atoms with Crippen LogP contribution in [-0.2, 0) is 31.6 Å². The third-order valence-corrected chi connectivity index (χ3v) is 8.11. The van der Waals surface area contributed by atoms with Gasteiger partial charge in [0.15, 0.2) is 6.23 Å². The van der Waals surface area contributed by atoms with E-state index in [0.717, 1.165) is 13.8 Å². The molecule has 0 aromatic carbocycles. The summed E-state index contributed by atoms with van der Waals surface area (Å²) >= 11 is 0. The van der Waals surface area contributed by atoms with Gasteiger partial charge in [0.2, 0.25) is 5.67 Å². The highest BCUT2D eigenvalue weighted by molar-refractivity contribution is 7.66. The lowest BCUT2D eigenvalue weighted by Gasteiger charge is -2.34. The van der Waals surface area contributed by atoms with Gasteiger partial charge in [-0.25, -0.2) is 27.3 Å². The number of H-pyrrole nitrogens is 1. The molecule has 17 nitrogen and oxygen atoms in total. The molecule has 6 atom stereocenters. The number of rotatable bonds is 9. The van der Waals surface area contributed by atoms with Crippen LogP contribution in [-0.4, -0.2) is 69.6 Å². The molecule has 1 saturated heterocycles. The van der Waals surface area contributed by atoms with Gasteiger partial charge in [0.05, 0.1) is 0 Å². The molecule has 22 heteroatoms. The molecular formula is C11H18F2N3O14P3. The minimum absolute atomic E-state index is 0.144. The number of nitrogens with zero attached hydrogens (tertiary/aromatic N) is 2. The van der Waals surface area contributed by atoms with Gasteiger partial charge in [-0.05, 0) is 13.8 Å². The molecule has 1 fully saturated rings. The Labute approximate surface area is 181 Å². The quantitative estimate of drug-likeness (QED) is 0.202. The van der Waals surface area contributed by atoms with Gasteiger partial charge in [0.25, 0.3) is 5.56 Å². The number of aliphatic hydroxyl groups excluding tert-OH is 1. The number of hydrogen-bond acceptors (Lipinski definition) is 11. The summed E-state index contributed by atoms with van der Waals surface area (Å²) in [6, 6.07) is 0. The van der Waals surface area contributed by atoms with E-state index in [4.69, 9.17) is 14.5 Å². The van der Waals surface area contributed by atoms with E-state index in [1.165, 1.54) is 0 Å². The Kier molecular flexibility index (Phi) is 7.74. The van der Waals surface area contributed by atoms with E-state index in [2.05, 4.69) is 18.2 Å². The SMILES string of the molecule is CC(C)(OP(=O)(O)OP(=O)(O)OP(=O)(O)O)C1O[C@@H](n2ncc(=O)[nH]c2=O)C(F)(CF)[C@H]1O. The predicted octanol–water partition coefficient (Wildman–Crippen LogP) is -1.01. The van der Waals surface area contributed by atoms with E-state index in [9.17, 15) is 42.6 Å². The normalized spacial score (nSPS) is 30.0. The lowest BCUT2D eigenvalue weighted by molar-refractivity contribution is -0.123. The number of alkyl halides is 2. The van der Waals surface area contributed by atoms with Crippen molar-refractivity contribution in [2.75, 3.05) is 6.67 Å². The Morgan fingerprint density at radius 3 is 2.27 bits per heavy atom. The molecular weight excluding hydrogens is 529 g/mol. The van der Waals surface area contributed by atoms with Gasteiger partial charge >= 0.3 is 29.2 Å². The van der Waals surface area contributed by atoms with Crippen LogP contribution in [0.15, 0.2) is 15.8 Å². The van der Waals surface area contributed by atoms with E-state index in [1.54, 1.807) is 4.98 Å². The summed E-state index contributed by atoms with van der Waals surface area (Å²) in [6.07, 6.45) is -6.42. The Bertz CT molecular complexity index is 1150. The lowest BCUT2D eigenvalue weighted by Crippen LogP contribution is -2.51. The zero-order valence-corrected chi connectivity index (χ0v) is 19.1. The second kappa shape index (κ2) is 9.11. The second-order valence-corrected chi connectivity index (χ2v) is 11.4. The molecule has 4 unspecified atom stereocenters. The fourth-order valence-electron chi connectivity index (χ4n) is 2.85. The first-order chi connectivity index (χ1) is 14.7. The third-order valence-electron chi connectivity index (χ3n) is 4.08. The van der Waals surface area contributed by atoms with Gasteiger partial charge in [-0.2, -0.15) is 18.4 Å². The van der Waals surface area contributed by atoms with Gasteiger partial charge in [-0.15, -0.1) is 0 Å². The van der Waals surface area contributed by atoms with Crippen molar-refractivity contribution in [3.63, 3.8) is 0 Å². The molecule has 1 aromatic rings. The van der Waals surface area contributed by atoms with Crippen molar-refractivity contribution in [2.45, 2.75) is 43.6 Å². The predicted molar refractivity (Wildman–Crippen MR) is 97.9 cm³/mol. The number of phosphoric acid groups is 3. The van der Waals surface area contributed by atoms with Crippen LogP contribution in [0.1, 0.15) is 20.1 Å². The minimum atomic E-state index is -5.90. The van der Waals surface area contributed by atoms with E-state index in [0.29, 0.717) is 6.20 Å². The maximum atomic E-state index is 15.3. The van der Waals surface area contributed by atoms with Crippen molar-refractivity contribution in [2.24, 2.45) is 0 Å². The Morgan fingerprint density at radius 1 is 1.21 bits per heavy atom. The van der Waals surface area contributed by atoms with E-state index in [1.807, 2.05) is 0 Å². The fraction of sp³-hybridized carbons (Fsp3) is 0.727. The molecule has 1 aliphatic heterocycles. The number of aliphatic hydroxyl groups is 1. The number of ether oxygens (including phenoxy) is 1. The summed E-state index contributed by atoms with van der Waals surface area (Å²) in [5, 5.41) is 13.6. The number of phosphoric ester groups is 1. The highest BCUT2D eigenvalue weighted by atomic mass is 31.3. The van der Waals surface area contributed by atoms with Crippen molar-refractivity contribution in [1.82, 2.24) is 14.8 Å². The van der Waals surface area contributed by atoms with Crippen molar-refractivity contribution >= 4 is 23.5 Å². The smallest absolute Gasteiger partial charge is 0.387 e. The van der Waals surface area contributed by atoms with Crippen LogP contribution in [0.4, 0.5) is 8.78 Å². The average Bonchev–Trinajstić information content (AvgIpc) is 2.83. The van der Waals surface area contributed by atoms with Gasteiger partial charge in [0, 0.05) is 0 Å². The summed E-state index contributed by atoms with van der Waals surface area (Å²) in [5.41, 5.74) is -8.14. The molecule has 0 bridgehead atoms. The maximum Gasteiger partial charge on any atom is 0.490 e. The van der Waals surface area contributed by atoms with E-state index < -0.39 is 71.1 Å². The van der Waals surface area contributed by atoms with Crippen LogP contribution in [0.25, 0.3) is 0 Å². The Hall–Kier alpha value is -1.20. The molecule has 33 heavy (non-hydrogen) atoms. The molecule has 2 rings (SSSR count). The summed E-state index contributed by atoms with van der Waals surface area (Å²) < 4.78 is 80.1. The summed E-state index contributed by atoms with van der Waals surface area (Å²) in [7, 11) is -17.4. The molecule has 0 aliphatic carbocycles. The van der Waals surface area contributed by atoms with Crippen molar-refractivity contribution in [3.8, 4) is 0 Å². The van der Waals surface area contributed by atoms with Crippen LogP contribution in [0.5, 0.6) is 0 Å². The molecule has 0 spiro atoms. The fourth-order valence-corrected chi connectivity index (χ4v) is 6.19. The van der Waals surface area contributed by atoms with Crippen molar-refractivity contribution in [3.05, 3.63) is 27.0 Å². The highest BCUT2D eigenvalue weighted by Crippen LogP contribution is 2.67. The van der Waals surface area contributed by atoms with E-state index in [-0.39, 0.29) is 4.68 Å². The van der Waals surface area contributed by atoms with Gasteiger partial charge in [-0.3, -0.25) is 14.3 Å². The van der Waals surface area contributed by atoms with Crippen LogP contribution in [0.2, 0.25) is 0 Å². The number of hydrogen-bond donors (Lipinski definition) is 6. The molecule has 0 radical (unpaired) electrons. The van der Waals surface area contributed by atoms with Gasteiger partial charge < -0.3 is 29.4 Å². The molecule has 190 valence electrons. The molecule has 0 saturated carbocycles. The average molecular weight is 547 g/mol. The van der Waals surface area contributed by atoms with E-state index >= 15 is 4.39 Å². The van der Waals surface area contributed by atoms with Crippen LogP contribution < -0.4 is 11.2 Å².